The monoisotopic (exact) mass is 987 g/mol. The third-order valence-corrected chi connectivity index (χ3v) is 12.6. The van der Waals surface area contributed by atoms with E-state index in [1.807, 2.05) is 0 Å². The molecule has 0 fully saturated rings. The van der Waals surface area contributed by atoms with Gasteiger partial charge in [-0.25, -0.2) is 0 Å². The van der Waals surface area contributed by atoms with Crippen LogP contribution in [-0.2, 0) is 28.6 Å². The Hall–Kier alpha value is -3.67. The predicted molar refractivity (Wildman–Crippen MR) is 307 cm³/mol. The van der Waals surface area contributed by atoms with Crippen LogP contribution in [0.1, 0.15) is 278 Å². The number of carbonyl (C=O) groups excluding carboxylic acids is 3. The van der Waals surface area contributed by atoms with Crippen molar-refractivity contribution in [2.24, 2.45) is 0 Å². The van der Waals surface area contributed by atoms with E-state index in [2.05, 4.69) is 118 Å². The summed E-state index contributed by atoms with van der Waals surface area (Å²) >= 11 is 0. The Labute approximate surface area is 438 Å². The summed E-state index contributed by atoms with van der Waals surface area (Å²) in [6.45, 7) is 6.39. The first-order valence-corrected chi connectivity index (χ1v) is 29.7. The Balaban J connectivity index is 4.41. The number of unbranched alkanes of at least 4 members (excludes halogenated alkanes) is 26. The molecular weight excluding hydrogens is 877 g/mol. The second-order valence-corrected chi connectivity index (χ2v) is 19.5. The maximum atomic E-state index is 12.9. The third kappa shape index (κ3) is 57.1. The lowest BCUT2D eigenvalue weighted by atomic mass is 10.0. The Morgan fingerprint density at radius 1 is 0.296 bits per heavy atom. The van der Waals surface area contributed by atoms with Gasteiger partial charge in [0.25, 0.3) is 0 Å². The fourth-order valence-electron chi connectivity index (χ4n) is 8.15. The Morgan fingerprint density at radius 3 is 0.873 bits per heavy atom. The van der Waals surface area contributed by atoms with E-state index in [0.29, 0.717) is 19.3 Å². The van der Waals surface area contributed by atoms with Gasteiger partial charge >= 0.3 is 17.9 Å². The lowest BCUT2D eigenvalue weighted by molar-refractivity contribution is -0.167. The van der Waals surface area contributed by atoms with Gasteiger partial charge in [-0.1, -0.05) is 240 Å². The van der Waals surface area contributed by atoms with Gasteiger partial charge in [-0.2, -0.15) is 0 Å². The van der Waals surface area contributed by atoms with Crippen molar-refractivity contribution in [2.75, 3.05) is 13.2 Å². The molecule has 0 aromatic rings. The van der Waals surface area contributed by atoms with E-state index in [1.165, 1.54) is 103 Å². The van der Waals surface area contributed by atoms with Crippen molar-refractivity contribution in [1.29, 1.82) is 0 Å². The summed E-state index contributed by atoms with van der Waals surface area (Å²) in [4.78, 5) is 38.2. The van der Waals surface area contributed by atoms with Gasteiger partial charge in [0, 0.05) is 19.3 Å². The molecule has 71 heavy (non-hydrogen) atoms. The lowest BCUT2D eigenvalue weighted by Crippen LogP contribution is -2.30. The van der Waals surface area contributed by atoms with Gasteiger partial charge in [-0.05, 0) is 116 Å². The normalized spacial score (nSPS) is 12.8. The van der Waals surface area contributed by atoms with Crippen LogP contribution in [-0.4, -0.2) is 37.2 Å². The molecule has 406 valence electrons. The number of hydrogen-bond donors (Lipinski definition) is 0. The zero-order valence-electron chi connectivity index (χ0n) is 46.5. The number of ether oxygens (including phenoxy) is 3. The molecule has 0 radical (unpaired) electrons. The zero-order valence-corrected chi connectivity index (χ0v) is 46.5. The van der Waals surface area contributed by atoms with Crippen LogP contribution in [0.5, 0.6) is 0 Å². The molecule has 0 saturated carbocycles. The quantitative estimate of drug-likeness (QED) is 0.0261. The summed E-state index contributed by atoms with van der Waals surface area (Å²) in [5.74, 6) is -0.931. The van der Waals surface area contributed by atoms with E-state index in [1.54, 1.807) is 0 Å². The highest BCUT2D eigenvalue weighted by Crippen LogP contribution is 2.15. The summed E-state index contributed by atoms with van der Waals surface area (Å²) in [6, 6.07) is 0. The molecule has 0 saturated heterocycles. The molecule has 0 N–H and O–H groups in total. The Bertz CT molecular complexity index is 1410. The summed E-state index contributed by atoms with van der Waals surface area (Å²) in [6.07, 6.45) is 78.3. The van der Waals surface area contributed by atoms with Crippen LogP contribution in [0.3, 0.4) is 0 Å². The molecule has 0 amide bonds. The standard InChI is InChI=1S/C65H110O6/c1-4-7-10-13-16-19-22-25-28-30-31-32-33-35-37-40-43-46-49-52-55-58-64(67)70-61-62(60-69-63(66)57-54-51-48-45-42-39-36-27-24-21-18-15-12-9-6-3)71-65(68)59-56-53-50-47-44-41-38-34-29-26-23-20-17-14-11-8-5-2/h8-9,11-12,17-18,20-21,25-29,36,38,41,62H,4-7,10,13-16,19,22-24,30-35,37,39-40,42-61H2,1-3H3/b11-8-,12-9-,20-17-,21-18-,28-25-,29-26-,36-27-,41-38-/t62-/m1/s1. The van der Waals surface area contributed by atoms with Crippen molar-refractivity contribution >= 4 is 17.9 Å². The minimum atomic E-state index is -0.799. The number of allylic oxidation sites excluding steroid dienone is 16. The van der Waals surface area contributed by atoms with Crippen LogP contribution in [0.4, 0.5) is 0 Å². The number of rotatable bonds is 53. The Kier molecular flexibility index (Phi) is 55.9. The van der Waals surface area contributed by atoms with E-state index >= 15 is 0 Å². The largest absolute Gasteiger partial charge is 0.462 e. The maximum Gasteiger partial charge on any atom is 0.306 e. The zero-order chi connectivity index (χ0) is 51.4. The molecule has 0 bridgehead atoms. The number of carbonyl (C=O) groups is 3. The second-order valence-electron chi connectivity index (χ2n) is 19.5. The van der Waals surface area contributed by atoms with E-state index in [4.69, 9.17) is 14.2 Å². The van der Waals surface area contributed by atoms with Crippen LogP contribution < -0.4 is 0 Å². The van der Waals surface area contributed by atoms with Crippen molar-refractivity contribution in [3.8, 4) is 0 Å². The van der Waals surface area contributed by atoms with Crippen LogP contribution in [0.2, 0.25) is 0 Å². The summed E-state index contributed by atoms with van der Waals surface area (Å²) in [5.41, 5.74) is 0. The van der Waals surface area contributed by atoms with Crippen molar-refractivity contribution in [3.05, 3.63) is 97.2 Å². The fourth-order valence-corrected chi connectivity index (χ4v) is 8.15. The first-order valence-electron chi connectivity index (χ1n) is 29.7. The Morgan fingerprint density at radius 2 is 0.549 bits per heavy atom. The highest BCUT2D eigenvalue weighted by atomic mass is 16.6. The average molecular weight is 988 g/mol. The van der Waals surface area contributed by atoms with E-state index in [0.717, 1.165) is 135 Å². The van der Waals surface area contributed by atoms with Crippen LogP contribution >= 0.6 is 0 Å². The minimum Gasteiger partial charge on any atom is -0.462 e. The first kappa shape index (κ1) is 67.3. The predicted octanol–water partition coefficient (Wildman–Crippen LogP) is 20.1. The molecule has 0 aromatic carbocycles. The fraction of sp³-hybridized carbons (Fsp3) is 0.708. The van der Waals surface area contributed by atoms with Crippen LogP contribution in [0, 0.1) is 0 Å². The van der Waals surface area contributed by atoms with Crippen molar-refractivity contribution < 1.29 is 28.6 Å². The molecule has 0 unspecified atom stereocenters. The molecule has 0 rings (SSSR count). The van der Waals surface area contributed by atoms with Gasteiger partial charge < -0.3 is 14.2 Å². The van der Waals surface area contributed by atoms with E-state index < -0.39 is 6.10 Å². The lowest BCUT2D eigenvalue weighted by Gasteiger charge is -2.18. The smallest absolute Gasteiger partial charge is 0.306 e. The van der Waals surface area contributed by atoms with Crippen molar-refractivity contribution in [3.63, 3.8) is 0 Å². The SMILES string of the molecule is CC/C=C\C/C=C\C/C=C\C/C=C\CCCCCCC(=O)O[C@H](COC(=O)CCCCCCC/C=C\C/C=C\C/C=C\CC)COC(=O)CCCCCCCCCCCCC/C=C\CCCCCCCC. The molecule has 6 heteroatoms. The van der Waals surface area contributed by atoms with Gasteiger partial charge in [0.05, 0.1) is 0 Å². The number of esters is 3. The molecular formula is C65H110O6. The average Bonchev–Trinajstić information content (AvgIpc) is 3.37. The van der Waals surface area contributed by atoms with Gasteiger partial charge in [0.2, 0.25) is 0 Å². The van der Waals surface area contributed by atoms with Crippen LogP contribution in [0.25, 0.3) is 0 Å². The van der Waals surface area contributed by atoms with Crippen molar-refractivity contribution in [1.82, 2.24) is 0 Å². The number of hydrogen-bond acceptors (Lipinski definition) is 6. The highest BCUT2D eigenvalue weighted by Gasteiger charge is 2.19. The van der Waals surface area contributed by atoms with E-state index in [9.17, 15) is 14.4 Å². The molecule has 0 aromatic heterocycles. The van der Waals surface area contributed by atoms with E-state index in [-0.39, 0.29) is 31.1 Å². The molecule has 1 atom stereocenters. The molecule has 0 heterocycles. The third-order valence-electron chi connectivity index (χ3n) is 12.6. The van der Waals surface area contributed by atoms with Gasteiger partial charge in [0.15, 0.2) is 6.10 Å². The molecule has 0 aliphatic rings. The highest BCUT2D eigenvalue weighted by molar-refractivity contribution is 5.71. The molecule has 0 aliphatic heterocycles. The topological polar surface area (TPSA) is 78.9 Å². The molecule has 0 spiro atoms. The second kappa shape index (κ2) is 58.9. The van der Waals surface area contributed by atoms with Crippen molar-refractivity contribution in [2.45, 2.75) is 284 Å². The van der Waals surface area contributed by atoms with Gasteiger partial charge in [-0.15, -0.1) is 0 Å². The molecule has 0 aliphatic carbocycles. The molecule has 6 nitrogen and oxygen atoms in total. The maximum absolute atomic E-state index is 12.9. The minimum absolute atomic E-state index is 0.0935. The first-order chi connectivity index (χ1) is 35.0. The van der Waals surface area contributed by atoms with Gasteiger partial charge in [0.1, 0.15) is 13.2 Å². The van der Waals surface area contributed by atoms with Crippen LogP contribution in [0.15, 0.2) is 97.2 Å². The van der Waals surface area contributed by atoms with Gasteiger partial charge in [-0.3, -0.25) is 14.4 Å². The summed E-state index contributed by atoms with van der Waals surface area (Å²) in [5, 5.41) is 0. The summed E-state index contributed by atoms with van der Waals surface area (Å²) in [7, 11) is 0. The summed E-state index contributed by atoms with van der Waals surface area (Å²) < 4.78 is 16.9.